The normalized spacial score (nSPS) is 10.7. The van der Waals surface area contributed by atoms with E-state index in [4.69, 9.17) is 73.0 Å². The molecule has 0 aliphatic carbocycles. The standard InChI is InChI=1S/C24H50O.C6HCl5O.C2H6O2/c1-3-5-7-9-11-13-15-17-19-21-23-25-24-22-20-18-16-14-12-10-8-6-4-2;7-1-2(8)4(10)6(12)5(11)3(1)9;3-1-2-4/h3-24H2,1-2H3;12H;3-4H,1-2H2. The molecule has 4 nitrogen and oxygen atoms in total. The van der Waals surface area contributed by atoms with Gasteiger partial charge in [-0.2, -0.15) is 0 Å². The summed E-state index contributed by atoms with van der Waals surface area (Å²) >= 11 is 27.9. The fourth-order valence-electron chi connectivity index (χ4n) is 4.08. The molecule has 0 aliphatic rings. The summed E-state index contributed by atoms with van der Waals surface area (Å²) in [7, 11) is 0. The number of halogens is 5. The second kappa shape index (κ2) is 33.2. The highest BCUT2D eigenvalue weighted by Gasteiger charge is 2.18. The van der Waals surface area contributed by atoms with Crippen molar-refractivity contribution in [3.8, 4) is 5.75 Å². The summed E-state index contributed by atoms with van der Waals surface area (Å²) in [6.45, 7) is 6.32. The molecule has 0 amide bonds. The van der Waals surface area contributed by atoms with Gasteiger partial charge in [0.1, 0.15) is 10.0 Å². The lowest BCUT2D eigenvalue weighted by Gasteiger charge is -2.06. The van der Waals surface area contributed by atoms with Gasteiger partial charge in [-0.3, -0.25) is 0 Å². The van der Waals surface area contributed by atoms with Crippen LogP contribution in [-0.2, 0) is 4.74 Å². The first-order valence-corrected chi connectivity index (χ1v) is 17.7. The van der Waals surface area contributed by atoms with Crippen LogP contribution in [0.15, 0.2) is 0 Å². The van der Waals surface area contributed by atoms with Crippen LogP contribution in [0.5, 0.6) is 5.75 Å². The van der Waals surface area contributed by atoms with Crippen LogP contribution >= 0.6 is 58.0 Å². The quantitative estimate of drug-likeness (QED) is 0.0610. The summed E-state index contributed by atoms with van der Waals surface area (Å²) in [4.78, 5) is 0. The largest absolute Gasteiger partial charge is 0.505 e. The Bertz CT molecular complexity index is 578. The van der Waals surface area contributed by atoms with E-state index in [1.165, 1.54) is 128 Å². The fraction of sp³-hybridized carbons (Fsp3) is 0.812. The lowest BCUT2D eigenvalue weighted by atomic mass is 10.1. The Morgan fingerprint density at radius 3 is 0.927 bits per heavy atom. The number of hydrogen-bond acceptors (Lipinski definition) is 4. The van der Waals surface area contributed by atoms with Gasteiger partial charge < -0.3 is 20.1 Å². The average Bonchev–Trinajstić information content (AvgIpc) is 2.99. The molecule has 0 spiro atoms. The number of aromatic hydroxyl groups is 1. The first kappa shape index (κ1) is 43.5. The Morgan fingerprint density at radius 2 is 0.659 bits per heavy atom. The molecule has 41 heavy (non-hydrogen) atoms. The fourth-order valence-corrected chi connectivity index (χ4v) is 5.21. The van der Waals surface area contributed by atoms with Gasteiger partial charge in [-0.25, -0.2) is 0 Å². The van der Waals surface area contributed by atoms with E-state index in [2.05, 4.69) is 13.8 Å². The van der Waals surface area contributed by atoms with Crippen molar-refractivity contribution >= 4 is 58.0 Å². The summed E-state index contributed by atoms with van der Waals surface area (Å²) in [6.07, 6.45) is 28.2. The molecule has 0 heterocycles. The van der Waals surface area contributed by atoms with Crippen molar-refractivity contribution in [2.24, 2.45) is 0 Å². The van der Waals surface area contributed by atoms with Crippen LogP contribution in [-0.4, -0.2) is 41.7 Å². The molecule has 0 aromatic heterocycles. The second-order valence-electron chi connectivity index (χ2n) is 10.3. The van der Waals surface area contributed by atoms with Crippen molar-refractivity contribution < 1.29 is 20.1 Å². The van der Waals surface area contributed by atoms with Crippen LogP contribution in [0.1, 0.15) is 142 Å². The third-order valence-corrected chi connectivity index (χ3v) is 8.83. The third-order valence-electron chi connectivity index (χ3n) is 6.57. The summed E-state index contributed by atoms with van der Waals surface area (Å²) in [5, 5.41) is 24.3. The minimum Gasteiger partial charge on any atom is -0.505 e. The van der Waals surface area contributed by atoms with E-state index in [0.717, 1.165) is 13.2 Å². The highest BCUT2D eigenvalue weighted by atomic mass is 35.5. The number of ether oxygens (including phenoxy) is 1. The van der Waals surface area contributed by atoms with Crippen molar-refractivity contribution in [1.29, 1.82) is 0 Å². The summed E-state index contributed by atoms with van der Waals surface area (Å²) in [5.41, 5.74) is 0. The smallest absolute Gasteiger partial charge is 0.155 e. The molecule has 0 fully saturated rings. The minimum absolute atomic E-state index is 0.00904. The van der Waals surface area contributed by atoms with Crippen LogP contribution < -0.4 is 0 Å². The summed E-state index contributed by atoms with van der Waals surface area (Å²) in [6, 6.07) is 0. The van der Waals surface area contributed by atoms with Gasteiger partial charge in [0.15, 0.2) is 5.75 Å². The zero-order valence-electron chi connectivity index (χ0n) is 25.6. The van der Waals surface area contributed by atoms with E-state index in [0.29, 0.717) is 0 Å². The van der Waals surface area contributed by atoms with Gasteiger partial charge in [0.25, 0.3) is 0 Å². The molecular formula is C32H57Cl5O4. The topological polar surface area (TPSA) is 69.9 Å². The number of phenols is 1. The Labute approximate surface area is 276 Å². The van der Waals surface area contributed by atoms with Gasteiger partial charge in [0.05, 0.1) is 28.3 Å². The van der Waals surface area contributed by atoms with Crippen LogP contribution in [0.25, 0.3) is 0 Å². The molecule has 0 aliphatic heterocycles. The van der Waals surface area contributed by atoms with Crippen molar-refractivity contribution in [2.45, 2.75) is 142 Å². The van der Waals surface area contributed by atoms with Crippen LogP contribution in [0.4, 0.5) is 0 Å². The van der Waals surface area contributed by atoms with Crippen molar-refractivity contribution in [3.05, 3.63) is 25.1 Å². The van der Waals surface area contributed by atoms with Gasteiger partial charge in [0.2, 0.25) is 0 Å². The van der Waals surface area contributed by atoms with Crippen molar-refractivity contribution in [1.82, 2.24) is 0 Å². The molecule has 0 saturated carbocycles. The molecule has 1 aromatic rings. The highest BCUT2D eigenvalue weighted by Crippen LogP contribution is 2.47. The number of rotatable bonds is 23. The number of unbranched alkanes of at least 4 members (excludes halogenated alkanes) is 18. The first-order chi connectivity index (χ1) is 19.8. The van der Waals surface area contributed by atoms with Crippen LogP contribution in [0, 0.1) is 0 Å². The molecule has 244 valence electrons. The Kier molecular flexibility index (Phi) is 35.3. The van der Waals surface area contributed by atoms with Gasteiger partial charge >= 0.3 is 0 Å². The number of aliphatic hydroxyl groups excluding tert-OH is 2. The second-order valence-corrected chi connectivity index (χ2v) is 12.2. The van der Waals surface area contributed by atoms with E-state index < -0.39 is 0 Å². The van der Waals surface area contributed by atoms with Gasteiger partial charge in [-0.05, 0) is 12.8 Å². The van der Waals surface area contributed by atoms with Crippen molar-refractivity contribution in [2.75, 3.05) is 26.4 Å². The summed E-state index contributed by atoms with van der Waals surface area (Å²) in [5.74, 6) is -0.363. The van der Waals surface area contributed by atoms with E-state index >= 15 is 0 Å². The van der Waals surface area contributed by atoms with E-state index in [-0.39, 0.29) is 44.1 Å². The molecule has 0 atom stereocenters. The number of aliphatic hydroxyl groups is 2. The Morgan fingerprint density at radius 1 is 0.415 bits per heavy atom. The predicted octanol–water partition coefficient (Wildman–Crippen LogP) is 12.5. The molecule has 3 N–H and O–H groups in total. The van der Waals surface area contributed by atoms with Gasteiger partial charge in [-0.15, -0.1) is 0 Å². The molecule has 9 heteroatoms. The number of hydrogen-bond donors (Lipinski definition) is 3. The molecule has 0 radical (unpaired) electrons. The Hall–Kier alpha value is 0.350. The summed E-state index contributed by atoms with van der Waals surface area (Å²) < 4.78 is 5.78. The SMILES string of the molecule is CCCCCCCCCCCCOCCCCCCCCCCCC.OCCO.Oc1c(Cl)c(Cl)c(Cl)c(Cl)c1Cl. The van der Waals surface area contributed by atoms with Gasteiger partial charge in [-0.1, -0.05) is 187 Å². The lowest BCUT2D eigenvalue weighted by molar-refractivity contribution is 0.125. The maximum absolute atomic E-state index is 9.20. The molecule has 0 bridgehead atoms. The van der Waals surface area contributed by atoms with E-state index in [1.54, 1.807) is 0 Å². The highest BCUT2D eigenvalue weighted by molar-refractivity contribution is 6.55. The van der Waals surface area contributed by atoms with Crippen LogP contribution in [0.3, 0.4) is 0 Å². The number of phenolic OH excluding ortho intramolecular Hbond substituents is 1. The maximum atomic E-state index is 9.20. The Balaban J connectivity index is 0. The zero-order chi connectivity index (χ0) is 31.1. The van der Waals surface area contributed by atoms with Crippen molar-refractivity contribution in [3.63, 3.8) is 0 Å². The monoisotopic (exact) mass is 680 g/mol. The molecule has 0 unspecified atom stereocenters. The molecule has 1 aromatic carbocycles. The van der Waals surface area contributed by atoms with E-state index in [1.807, 2.05) is 0 Å². The van der Waals surface area contributed by atoms with Gasteiger partial charge in [0, 0.05) is 13.2 Å². The zero-order valence-corrected chi connectivity index (χ0v) is 29.4. The minimum atomic E-state index is -0.363. The molecular weight excluding hydrogens is 626 g/mol. The third kappa shape index (κ3) is 26.5. The predicted molar refractivity (Wildman–Crippen MR) is 182 cm³/mol. The molecule has 1 rings (SSSR count). The maximum Gasteiger partial charge on any atom is 0.155 e. The average molecular weight is 683 g/mol. The molecule has 0 saturated heterocycles. The first-order valence-electron chi connectivity index (χ1n) is 15.8. The van der Waals surface area contributed by atoms with E-state index in [9.17, 15) is 5.11 Å². The van der Waals surface area contributed by atoms with Crippen LogP contribution in [0.2, 0.25) is 25.1 Å². The number of benzene rings is 1. The lowest BCUT2D eigenvalue weighted by Crippen LogP contribution is -1.97.